The molecule has 0 radical (unpaired) electrons. The van der Waals surface area contributed by atoms with Crippen LogP contribution in [-0.4, -0.2) is 16.1 Å². The minimum Gasteiger partial charge on any atom is -0.481 e. The Morgan fingerprint density at radius 2 is 1.65 bits per heavy atom. The van der Waals surface area contributed by atoms with Gasteiger partial charge in [0, 0.05) is 12.4 Å². The second-order valence-corrected chi connectivity index (χ2v) is 4.65. The number of pyridine rings is 1. The van der Waals surface area contributed by atoms with Crippen molar-refractivity contribution in [1.82, 2.24) is 4.98 Å². The van der Waals surface area contributed by atoms with Crippen molar-refractivity contribution in [2.45, 2.75) is 26.1 Å². The van der Waals surface area contributed by atoms with Crippen molar-refractivity contribution in [3.05, 3.63) is 65.5 Å². The average Bonchev–Trinajstić information content (AvgIpc) is 2.48. The molecule has 0 aliphatic carbocycles. The van der Waals surface area contributed by atoms with E-state index in [1.807, 2.05) is 36.4 Å². The lowest BCUT2D eigenvalue weighted by atomic mass is 10.0. The highest BCUT2D eigenvalue weighted by atomic mass is 16.5. The summed E-state index contributed by atoms with van der Waals surface area (Å²) in [7, 11) is 0. The molecular weight excluding hydrogens is 254 g/mol. The van der Waals surface area contributed by atoms with Gasteiger partial charge in [0.25, 0.3) is 0 Å². The third kappa shape index (κ3) is 3.90. The van der Waals surface area contributed by atoms with Crippen molar-refractivity contribution >= 4 is 5.97 Å². The minimum absolute atomic E-state index is 0.484. The molecule has 0 aliphatic heterocycles. The third-order valence-electron chi connectivity index (χ3n) is 3.14. The zero-order chi connectivity index (χ0) is 14.4. The summed E-state index contributed by atoms with van der Waals surface area (Å²) in [6.45, 7) is 2.72. The molecule has 1 aromatic carbocycles. The molecule has 1 heterocycles. The Labute approximate surface area is 118 Å². The van der Waals surface area contributed by atoms with Crippen LogP contribution in [0, 0.1) is 0 Å². The first-order valence-corrected chi connectivity index (χ1v) is 6.45. The predicted octanol–water partition coefficient (Wildman–Crippen LogP) is 2.99. The summed E-state index contributed by atoms with van der Waals surface area (Å²) in [5, 5.41) is 8.94. The molecule has 1 unspecified atom stereocenters. The van der Waals surface area contributed by atoms with Gasteiger partial charge in [-0.05, 0) is 35.7 Å². The first-order valence-electron chi connectivity index (χ1n) is 6.45. The van der Waals surface area contributed by atoms with Crippen molar-refractivity contribution in [2.24, 2.45) is 0 Å². The topological polar surface area (TPSA) is 59.4 Å². The number of carboxylic acids is 1. The second-order valence-electron chi connectivity index (χ2n) is 4.65. The molecule has 0 saturated heterocycles. The number of nitrogens with zero attached hydrogens (tertiary/aromatic N) is 1. The van der Waals surface area contributed by atoms with Gasteiger partial charge in [0.2, 0.25) is 0 Å². The van der Waals surface area contributed by atoms with E-state index in [4.69, 9.17) is 9.84 Å². The summed E-state index contributed by atoms with van der Waals surface area (Å²) < 4.78 is 5.61. The normalized spacial score (nSPS) is 12.1. The highest BCUT2D eigenvalue weighted by Gasteiger charge is 2.12. The average molecular weight is 271 g/mol. The van der Waals surface area contributed by atoms with Crippen molar-refractivity contribution in [3.8, 4) is 0 Å². The molecule has 1 N–H and O–H groups in total. The van der Waals surface area contributed by atoms with Crippen LogP contribution < -0.4 is 0 Å². The van der Waals surface area contributed by atoms with E-state index in [2.05, 4.69) is 4.98 Å². The summed E-state index contributed by atoms with van der Waals surface area (Å²) >= 11 is 0. The monoisotopic (exact) mass is 271 g/mol. The predicted molar refractivity (Wildman–Crippen MR) is 75.2 cm³/mol. The first-order chi connectivity index (χ1) is 9.66. The first kappa shape index (κ1) is 14.2. The summed E-state index contributed by atoms with van der Waals surface area (Å²) in [6, 6.07) is 11.3. The number of hydrogen-bond acceptors (Lipinski definition) is 3. The van der Waals surface area contributed by atoms with E-state index in [1.165, 1.54) is 0 Å². The fourth-order valence-electron chi connectivity index (χ4n) is 1.81. The molecule has 4 nitrogen and oxygen atoms in total. The smallest absolute Gasteiger partial charge is 0.310 e. The van der Waals surface area contributed by atoms with Crippen LogP contribution in [0.15, 0.2) is 48.8 Å². The van der Waals surface area contributed by atoms with Gasteiger partial charge in [-0.3, -0.25) is 9.78 Å². The molecule has 0 saturated carbocycles. The Bertz CT molecular complexity index is 552. The molecule has 4 heteroatoms. The maximum absolute atomic E-state index is 10.9. The van der Waals surface area contributed by atoms with E-state index in [0.29, 0.717) is 13.2 Å². The SMILES string of the molecule is CC(C(=O)O)c1ccc(COCc2ccncc2)cc1. The zero-order valence-electron chi connectivity index (χ0n) is 11.3. The number of carbonyl (C=O) groups is 1. The standard InChI is InChI=1S/C16H17NO3/c1-12(16(18)19)15-4-2-13(3-5-15)10-20-11-14-6-8-17-9-7-14/h2-9,12H,10-11H2,1H3,(H,18,19). The maximum atomic E-state index is 10.9. The van der Waals surface area contributed by atoms with Crippen LogP contribution in [0.4, 0.5) is 0 Å². The van der Waals surface area contributed by atoms with E-state index in [1.54, 1.807) is 19.3 Å². The van der Waals surface area contributed by atoms with Crippen molar-refractivity contribution in [3.63, 3.8) is 0 Å². The highest BCUT2D eigenvalue weighted by Crippen LogP contribution is 2.16. The second kappa shape index (κ2) is 6.82. The molecule has 0 aliphatic rings. The number of rotatable bonds is 6. The van der Waals surface area contributed by atoms with E-state index >= 15 is 0 Å². The lowest BCUT2D eigenvalue weighted by Gasteiger charge is -2.08. The Morgan fingerprint density at radius 3 is 2.20 bits per heavy atom. The molecule has 20 heavy (non-hydrogen) atoms. The van der Waals surface area contributed by atoms with Crippen LogP contribution in [-0.2, 0) is 22.7 Å². The van der Waals surface area contributed by atoms with Gasteiger partial charge in [-0.15, -0.1) is 0 Å². The van der Waals surface area contributed by atoms with Crippen molar-refractivity contribution in [1.29, 1.82) is 0 Å². The van der Waals surface area contributed by atoms with Gasteiger partial charge in [-0.25, -0.2) is 0 Å². The highest BCUT2D eigenvalue weighted by molar-refractivity contribution is 5.75. The molecule has 0 fully saturated rings. The van der Waals surface area contributed by atoms with Gasteiger partial charge in [-0.1, -0.05) is 24.3 Å². The summed E-state index contributed by atoms with van der Waals surface area (Å²) in [5.41, 5.74) is 2.91. The van der Waals surface area contributed by atoms with Gasteiger partial charge < -0.3 is 9.84 Å². The Kier molecular flexibility index (Phi) is 4.85. The number of aromatic nitrogens is 1. The summed E-state index contributed by atoms with van der Waals surface area (Å²) in [5.74, 6) is -1.30. The minimum atomic E-state index is -0.813. The molecule has 1 atom stereocenters. The Hall–Kier alpha value is -2.20. The van der Waals surface area contributed by atoms with Crippen LogP contribution in [0.5, 0.6) is 0 Å². The lowest BCUT2D eigenvalue weighted by Crippen LogP contribution is -2.07. The quantitative estimate of drug-likeness (QED) is 0.877. The molecule has 1 aromatic heterocycles. The number of hydrogen-bond donors (Lipinski definition) is 1. The van der Waals surface area contributed by atoms with Crippen molar-refractivity contribution in [2.75, 3.05) is 0 Å². The number of carboxylic acid groups (broad SMARTS) is 1. The molecule has 0 bridgehead atoms. The molecule has 104 valence electrons. The van der Waals surface area contributed by atoms with Gasteiger partial charge in [0.1, 0.15) is 0 Å². The van der Waals surface area contributed by atoms with E-state index in [-0.39, 0.29) is 0 Å². The fourth-order valence-corrected chi connectivity index (χ4v) is 1.81. The third-order valence-corrected chi connectivity index (χ3v) is 3.14. The van der Waals surface area contributed by atoms with Crippen LogP contribution in [0.3, 0.4) is 0 Å². The van der Waals surface area contributed by atoms with Gasteiger partial charge in [-0.2, -0.15) is 0 Å². The lowest BCUT2D eigenvalue weighted by molar-refractivity contribution is -0.138. The van der Waals surface area contributed by atoms with Gasteiger partial charge in [0.15, 0.2) is 0 Å². The maximum Gasteiger partial charge on any atom is 0.310 e. The number of ether oxygens (including phenoxy) is 1. The molecule has 2 rings (SSSR count). The number of benzene rings is 1. The number of aliphatic carboxylic acids is 1. The molecule has 0 amide bonds. The Morgan fingerprint density at radius 1 is 1.10 bits per heavy atom. The van der Waals surface area contributed by atoms with Crippen LogP contribution in [0.25, 0.3) is 0 Å². The van der Waals surface area contributed by atoms with Crippen LogP contribution >= 0.6 is 0 Å². The molecular formula is C16H17NO3. The zero-order valence-corrected chi connectivity index (χ0v) is 11.3. The fraction of sp³-hybridized carbons (Fsp3) is 0.250. The van der Waals surface area contributed by atoms with Crippen LogP contribution in [0.1, 0.15) is 29.5 Å². The molecule has 2 aromatic rings. The summed E-state index contributed by atoms with van der Waals surface area (Å²) in [4.78, 5) is 14.8. The molecule has 0 spiro atoms. The van der Waals surface area contributed by atoms with E-state index in [9.17, 15) is 4.79 Å². The van der Waals surface area contributed by atoms with Crippen LogP contribution in [0.2, 0.25) is 0 Å². The van der Waals surface area contributed by atoms with E-state index in [0.717, 1.165) is 16.7 Å². The van der Waals surface area contributed by atoms with Gasteiger partial charge in [0.05, 0.1) is 19.1 Å². The van der Waals surface area contributed by atoms with Gasteiger partial charge >= 0.3 is 5.97 Å². The largest absolute Gasteiger partial charge is 0.481 e. The Balaban J connectivity index is 1.86. The summed E-state index contributed by atoms with van der Waals surface area (Å²) in [6.07, 6.45) is 3.47. The van der Waals surface area contributed by atoms with Crippen molar-refractivity contribution < 1.29 is 14.6 Å². The van der Waals surface area contributed by atoms with E-state index < -0.39 is 11.9 Å².